The molecule has 7 aromatic rings. The third-order valence-corrected chi connectivity index (χ3v) is 8.26. The predicted molar refractivity (Wildman–Crippen MR) is 178 cm³/mol. The van der Waals surface area contributed by atoms with Gasteiger partial charge in [-0.25, -0.2) is 4.98 Å². The van der Waals surface area contributed by atoms with Crippen molar-refractivity contribution in [2.24, 2.45) is 0 Å². The third kappa shape index (κ3) is 5.61. The normalized spacial score (nSPS) is 11.0. The number of nitriles is 2. The molecule has 0 spiro atoms. The van der Waals surface area contributed by atoms with E-state index in [4.69, 9.17) is 9.72 Å². The molecule has 0 saturated heterocycles. The number of aromatic nitrogens is 4. The van der Waals surface area contributed by atoms with E-state index in [1.807, 2.05) is 62.5 Å². The average molecular weight is 792 g/mol. The molecule has 0 amide bonds. The summed E-state index contributed by atoms with van der Waals surface area (Å²) in [5.41, 5.74) is 7.62. The molecule has 7 nitrogen and oxygen atoms in total. The van der Waals surface area contributed by atoms with Crippen LogP contribution in [0.2, 0.25) is 0 Å². The fourth-order valence-electron chi connectivity index (χ4n) is 5.98. The molecule has 7 rings (SSSR count). The standard InChI is InChI=1S/C39H28N6O.Pt/c1-24(2)27-14-15-42-38(17-27)45-36-11-6-5-10-32(36)33-13-12-31(19-37(33)45)46-30-9-7-8-29(18-30)44-23-28(22-43-44)39-34(20-40)25(3)16-26(4)35(39)21-41;/h5-17,22-24H,1-4H3;/q-2;+2. The number of fused-ring (bicyclic) bond motifs is 3. The van der Waals surface area contributed by atoms with Crippen molar-refractivity contribution in [2.45, 2.75) is 33.6 Å². The Labute approximate surface area is 287 Å². The van der Waals surface area contributed by atoms with Crippen molar-refractivity contribution in [1.29, 1.82) is 10.5 Å². The van der Waals surface area contributed by atoms with E-state index in [1.165, 1.54) is 5.56 Å². The van der Waals surface area contributed by atoms with Gasteiger partial charge in [-0.1, -0.05) is 43.6 Å². The van der Waals surface area contributed by atoms with E-state index >= 15 is 0 Å². The summed E-state index contributed by atoms with van der Waals surface area (Å²) < 4.78 is 10.1. The van der Waals surface area contributed by atoms with E-state index in [0.717, 1.165) is 38.8 Å². The van der Waals surface area contributed by atoms with Crippen LogP contribution in [0.15, 0.2) is 91.4 Å². The van der Waals surface area contributed by atoms with Crippen LogP contribution in [0.25, 0.3) is 44.4 Å². The molecule has 0 aliphatic heterocycles. The van der Waals surface area contributed by atoms with E-state index in [1.54, 1.807) is 17.1 Å². The molecule has 230 valence electrons. The zero-order valence-electron chi connectivity index (χ0n) is 26.1. The molecular formula is C39H28N6OPt. The van der Waals surface area contributed by atoms with Gasteiger partial charge in [-0.2, -0.15) is 27.8 Å². The van der Waals surface area contributed by atoms with Gasteiger partial charge >= 0.3 is 21.1 Å². The first-order valence-electron chi connectivity index (χ1n) is 15.0. The van der Waals surface area contributed by atoms with Crippen molar-refractivity contribution in [2.75, 3.05) is 0 Å². The van der Waals surface area contributed by atoms with E-state index in [-0.39, 0.29) is 21.1 Å². The molecule has 3 aromatic heterocycles. The molecule has 0 aliphatic rings. The fourth-order valence-corrected chi connectivity index (χ4v) is 5.98. The summed E-state index contributed by atoms with van der Waals surface area (Å²) in [4.78, 5) is 4.73. The summed E-state index contributed by atoms with van der Waals surface area (Å²) in [6, 6.07) is 35.2. The monoisotopic (exact) mass is 791 g/mol. The number of benzene rings is 4. The van der Waals surface area contributed by atoms with Crippen LogP contribution in [-0.2, 0) is 21.1 Å². The number of ether oxygens (including phenoxy) is 1. The Hall–Kier alpha value is -5.49. The molecule has 0 bridgehead atoms. The summed E-state index contributed by atoms with van der Waals surface area (Å²) in [7, 11) is 0. The van der Waals surface area contributed by atoms with Crippen LogP contribution in [-0.4, -0.2) is 19.3 Å². The van der Waals surface area contributed by atoms with Crippen LogP contribution >= 0.6 is 0 Å². The second-order valence-corrected chi connectivity index (χ2v) is 11.6. The molecule has 8 heteroatoms. The van der Waals surface area contributed by atoms with Crippen LogP contribution in [0.1, 0.15) is 47.6 Å². The van der Waals surface area contributed by atoms with Gasteiger partial charge in [0.15, 0.2) is 0 Å². The van der Waals surface area contributed by atoms with Gasteiger partial charge in [-0.15, -0.1) is 35.7 Å². The van der Waals surface area contributed by atoms with E-state index in [2.05, 4.69) is 78.1 Å². The summed E-state index contributed by atoms with van der Waals surface area (Å²) in [5.74, 6) is 2.24. The summed E-state index contributed by atoms with van der Waals surface area (Å²) >= 11 is 0. The maximum absolute atomic E-state index is 9.88. The van der Waals surface area contributed by atoms with Crippen LogP contribution in [0.3, 0.4) is 0 Å². The SMILES string of the molecule is Cc1cc(C)c(C#N)c(-c2cnn(-c3[c-]c(Oc4[c-]c5c(cc4)c4ccccc4n5-c4cc(C(C)C)ccn4)ccc3)c2)c1C#N.[Pt+2]. The Morgan fingerprint density at radius 1 is 0.830 bits per heavy atom. The topological polar surface area (TPSA) is 92.4 Å². The van der Waals surface area contributed by atoms with Gasteiger partial charge in [0.25, 0.3) is 0 Å². The molecule has 0 atom stereocenters. The van der Waals surface area contributed by atoms with Crippen molar-refractivity contribution in [3.05, 3.63) is 131 Å². The average Bonchev–Trinajstić information content (AvgIpc) is 3.68. The van der Waals surface area contributed by atoms with Gasteiger partial charge in [0.05, 0.1) is 17.3 Å². The van der Waals surface area contributed by atoms with E-state index < -0.39 is 0 Å². The van der Waals surface area contributed by atoms with Crippen molar-refractivity contribution in [3.63, 3.8) is 0 Å². The first kappa shape index (κ1) is 31.5. The van der Waals surface area contributed by atoms with Crippen LogP contribution < -0.4 is 4.74 Å². The smallest absolute Gasteiger partial charge is 0.509 e. The van der Waals surface area contributed by atoms with E-state index in [0.29, 0.717) is 45.4 Å². The minimum absolute atomic E-state index is 0. The van der Waals surface area contributed by atoms with Gasteiger partial charge in [-0.05, 0) is 65.7 Å². The zero-order chi connectivity index (χ0) is 31.9. The third-order valence-electron chi connectivity index (χ3n) is 8.26. The number of pyridine rings is 1. The first-order valence-corrected chi connectivity index (χ1v) is 15.0. The summed E-state index contributed by atoms with van der Waals surface area (Å²) in [6.45, 7) is 8.10. The summed E-state index contributed by atoms with van der Waals surface area (Å²) in [5, 5.41) is 26.5. The number of para-hydroxylation sites is 1. The predicted octanol–water partition coefficient (Wildman–Crippen LogP) is 8.91. The maximum atomic E-state index is 9.88. The van der Waals surface area contributed by atoms with Crippen LogP contribution in [0.4, 0.5) is 0 Å². The molecule has 0 aliphatic carbocycles. The van der Waals surface area contributed by atoms with Gasteiger partial charge in [0, 0.05) is 40.5 Å². The van der Waals surface area contributed by atoms with Gasteiger partial charge in [0.2, 0.25) is 0 Å². The largest absolute Gasteiger partial charge is 2.00 e. The Balaban J connectivity index is 0.00000386. The Morgan fingerprint density at radius 2 is 1.57 bits per heavy atom. The van der Waals surface area contributed by atoms with Gasteiger partial charge in [0.1, 0.15) is 18.0 Å². The number of aryl methyl sites for hydroxylation is 2. The van der Waals surface area contributed by atoms with Gasteiger partial charge in [-0.3, -0.25) is 4.68 Å². The zero-order valence-corrected chi connectivity index (χ0v) is 28.4. The first-order chi connectivity index (χ1) is 22.4. The minimum atomic E-state index is 0. The van der Waals surface area contributed by atoms with Crippen molar-refractivity contribution in [1.82, 2.24) is 19.3 Å². The second kappa shape index (κ2) is 12.7. The molecule has 0 saturated carbocycles. The molecule has 0 fully saturated rings. The van der Waals surface area contributed by atoms with Crippen molar-refractivity contribution < 1.29 is 25.8 Å². The Morgan fingerprint density at radius 3 is 2.32 bits per heavy atom. The maximum Gasteiger partial charge on any atom is 2.00 e. The minimum Gasteiger partial charge on any atom is -0.509 e. The molecule has 0 radical (unpaired) electrons. The van der Waals surface area contributed by atoms with Crippen molar-refractivity contribution >= 4 is 21.8 Å². The summed E-state index contributed by atoms with van der Waals surface area (Å²) in [6.07, 6.45) is 5.33. The molecule has 3 heterocycles. The Bertz CT molecular complexity index is 2350. The second-order valence-electron chi connectivity index (χ2n) is 11.6. The number of hydrogen-bond acceptors (Lipinski definition) is 5. The molecular weight excluding hydrogens is 764 g/mol. The van der Waals surface area contributed by atoms with Crippen LogP contribution in [0, 0.1) is 48.6 Å². The van der Waals surface area contributed by atoms with Crippen LogP contribution in [0.5, 0.6) is 11.5 Å². The van der Waals surface area contributed by atoms with E-state index in [9.17, 15) is 10.5 Å². The molecule has 4 aromatic carbocycles. The quantitative estimate of drug-likeness (QED) is 0.157. The molecule has 47 heavy (non-hydrogen) atoms. The van der Waals surface area contributed by atoms with Crippen molar-refractivity contribution in [3.8, 4) is 46.3 Å². The molecule has 0 N–H and O–H groups in total. The van der Waals surface area contributed by atoms with Gasteiger partial charge < -0.3 is 9.30 Å². The Kier molecular flexibility index (Phi) is 8.52. The molecule has 0 unspecified atom stereocenters. The number of rotatable bonds is 6. The number of hydrogen-bond donors (Lipinski definition) is 0. The number of nitrogens with zero attached hydrogens (tertiary/aromatic N) is 6. The fraction of sp³-hybridized carbons (Fsp3) is 0.128.